The van der Waals surface area contributed by atoms with Crippen molar-refractivity contribution in [2.45, 2.75) is 31.5 Å². The number of aromatic amines is 1. The Bertz CT molecular complexity index is 649. The van der Waals surface area contributed by atoms with Gasteiger partial charge in [0.15, 0.2) is 11.5 Å². The van der Waals surface area contributed by atoms with Gasteiger partial charge < -0.3 is 36.7 Å². The number of nitrogens with one attached hydrogen (secondary N) is 2. The van der Waals surface area contributed by atoms with Crippen molar-refractivity contribution in [3.05, 3.63) is 12.7 Å². The number of hydrogen-bond donors (Lipinski definition) is 6. The molecule has 1 fully saturated rings. The van der Waals surface area contributed by atoms with Crippen molar-refractivity contribution in [2.24, 2.45) is 5.73 Å². The van der Waals surface area contributed by atoms with Gasteiger partial charge in [-0.25, -0.2) is 15.0 Å². The smallest absolute Gasteiger partial charge is 0.236 e. The number of aliphatic hydroxyl groups excluding tert-OH is 2. The van der Waals surface area contributed by atoms with Gasteiger partial charge in [0.2, 0.25) is 5.91 Å². The molecule has 0 spiro atoms. The predicted octanol–water partition coefficient (Wildman–Crippen LogP) is -1.86. The van der Waals surface area contributed by atoms with Crippen LogP contribution in [0, 0.1) is 0 Å². The third-order valence-corrected chi connectivity index (χ3v) is 3.20. The number of nitrogens with zero attached hydrogens (tertiary/aromatic N) is 3. The molecular formula is C14H25N7O4. The van der Waals surface area contributed by atoms with Crippen LogP contribution in [-0.4, -0.2) is 74.6 Å². The summed E-state index contributed by atoms with van der Waals surface area (Å²) in [7, 11) is 1.00. The Morgan fingerprint density at radius 1 is 1.40 bits per heavy atom. The zero-order valence-electron chi connectivity index (χ0n) is 14.2. The van der Waals surface area contributed by atoms with Crippen molar-refractivity contribution in [2.75, 3.05) is 26.1 Å². The molecule has 2 aromatic rings. The minimum atomic E-state index is -0.515. The highest BCUT2D eigenvalue weighted by atomic mass is 16.5. The molecule has 2 aromatic heterocycles. The molecule has 1 aliphatic rings. The van der Waals surface area contributed by atoms with E-state index >= 15 is 0 Å². The number of imidazole rings is 1. The number of hydrogen-bond acceptors (Lipinski definition) is 9. The van der Waals surface area contributed by atoms with Gasteiger partial charge in [-0.05, 0) is 13.3 Å². The van der Waals surface area contributed by atoms with Crippen LogP contribution in [0.4, 0.5) is 5.82 Å². The zero-order chi connectivity index (χ0) is 18.8. The topological polar surface area (TPSA) is 185 Å². The molecule has 0 radical (unpaired) electrons. The van der Waals surface area contributed by atoms with E-state index < -0.39 is 12.1 Å². The number of nitrogens with two attached hydrogens (primary N) is 2. The van der Waals surface area contributed by atoms with Crippen molar-refractivity contribution in [1.29, 1.82) is 0 Å². The summed E-state index contributed by atoms with van der Waals surface area (Å²) in [6, 6.07) is -0.624. The molecule has 1 aliphatic heterocycles. The number of ether oxygens (including phenoxy) is 1. The van der Waals surface area contributed by atoms with E-state index in [4.69, 9.17) is 21.3 Å². The highest BCUT2D eigenvalue weighted by molar-refractivity contribution is 5.81. The van der Waals surface area contributed by atoms with Gasteiger partial charge in [0.05, 0.1) is 37.7 Å². The first-order valence-electron chi connectivity index (χ1n) is 7.63. The van der Waals surface area contributed by atoms with Crippen molar-refractivity contribution in [3.8, 4) is 0 Å². The normalized spacial score (nSPS) is 20.5. The number of nitrogen functional groups attached to an aromatic ring is 1. The van der Waals surface area contributed by atoms with E-state index in [1.807, 2.05) is 0 Å². The van der Waals surface area contributed by atoms with Crippen LogP contribution in [0.5, 0.6) is 0 Å². The third kappa shape index (κ3) is 6.58. The van der Waals surface area contributed by atoms with E-state index in [0.717, 1.165) is 7.11 Å². The second-order valence-corrected chi connectivity index (χ2v) is 5.28. The number of carbonyl (C=O) groups excluding carboxylic acids is 1. The molecule has 2 unspecified atom stereocenters. The van der Waals surface area contributed by atoms with Crippen molar-refractivity contribution >= 4 is 22.9 Å². The van der Waals surface area contributed by atoms with E-state index in [1.165, 1.54) is 12.7 Å². The fourth-order valence-corrected chi connectivity index (χ4v) is 2.03. The quantitative estimate of drug-likeness (QED) is 0.359. The molecule has 11 heteroatoms. The van der Waals surface area contributed by atoms with Crippen LogP contribution >= 0.6 is 0 Å². The second-order valence-electron chi connectivity index (χ2n) is 5.28. The fourth-order valence-electron chi connectivity index (χ4n) is 2.03. The molecule has 1 saturated heterocycles. The molecule has 140 valence electrons. The molecule has 0 bridgehead atoms. The lowest BCUT2D eigenvalue weighted by Crippen LogP contribution is -2.49. The summed E-state index contributed by atoms with van der Waals surface area (Å²) in [6.45, 7) is 2.43. The van der Waals surface area contributed by atoms with Crippen LogP contribution in [-0.2, 0) is 9.53 Å². The van der Waals surface area contributed by atoms with E-state index in [1.54, 1.807) is 6.92 Å². The van der Waals surface area contributed by atoms with Crippen LogP contribution in [0.1, 0.15) is 13.3 Å². The second kappa shape index (κ2) is 10.5. The molecule has 0 aliphatic carbocycles. The van der Waals surface area contributed by atoms with E-state index in [2.05, 4.69) is 25.3 Å². The highest BCUT2D eigenvalue weighted by Gasteiger charge is 2.22. The lowest BCUT2D eigenvalue weighted by molar-refractivity contribution is -0.124. The number of anilines is 1. The Morgan fingerprint density at radius 3 is 2.72 bits per heavy atom. The fraction of sp³-hybridized carbons (Fsp3) is 0.571. The minimum Gasteiger partial charge on any atom is -0.400 e. The first-order chi connectivity index (χ1) is 12.0. The number of fused-ring (bicyclic) bond motifs is 1. The first-order valence-corrected chi connectivity index (χ1v) is 7.63. The van der Waals surface area contributed by atoms with Crippen molar-refractivity contribution < 1.29 is 19.7 Å². The Balaban J connectivity index is 0.000000233. The maximum absolute atomic E-state index is 11.1. The summed E-state index contributed by atoms with van der Waals surface area (Å²) in [5, 5.41) is 18.9. The summed E-state index contributed by atoms with van der Waals surface area (Å²) in [5.74, 6) is 0.227. The zero-order valence-corrected chi connectivity index (χ0v) is 14.2. The summed E-state index contributed by atoms with van der Waals surface area (Å²) in [6.07, 6.45) is 2.99. The highest BCUT2D eigenvalue weighted by Crippen LogP contribution is 2.09. The van der Waals surface area contributed by atoms with Gasteiger partial charge in [-0.1, -0.05) is 0 Å². The maximum Gasteiger partial charge on any atom is 0.236 e. The lowest BCUT2D eigenvalue weighted by Gasteiger charge is -2.27. The molecule has 25 heavy (non-hydrogen) atoms. The molecular weight excluding hydrogens is 330 g/mol. The summed E-state index contributed by atoms with van der Waals surface area (Å²) < 4.78 is 5.07. The molecule has 0 aromatic carbocycles. The van der Waals surface area contributed by atoms with Crippen LogP contribution in [0.2, 0.25) is 0 Å². The minimum absolute atomic E-state index is 0.109. The Kier molecular flexibility index (Phi) is 8.70. The van der Waals surface area contributed by atoms with E-state index in [0.29, 0.717) is 36.6 Å². The molecule has 0 saturated carbocycles. The number of amides is 1. The molecule has 3 heterocycles. The molecule has 11 nitrogen and oxygen atoms in total. The molecule has 3 rings (SSSR count). The summed E-state index contributed by atoms with van der Waals surface area (Å²) >= 11 is 0. The van der Waals surface area contributed by atoms with Gasteiger partial charge in [0, 0.05) is 7.11 Å². The molecule has 8 N–H and O–H groups in total. The average molecular weight is 355 g/mol. The number of carbonyl (C=O) groups is 1. The average Bonchev–Trinajstić information content (AvgIpc) is 3.07. The molecule has 1 amide bonds. The van der Waals surface area contributed by atoms with Crippen LogP contribution in [0.25, 0.3) is 11.2 Å². The molecule has 3 atom stereocenters. The summed E-state index contributed by atoms with van der Waals surface area (Å²) in [4.78, 5) is 25.5. The Morgan fingerprint density at radius 2 is 2.12 bits per heavy atom. The maximum atomic E-state index is 11.1. The van der Waals surface area contributed by atoms with Crippen molar-refractivity contribution in [1.82, 2.24) is 25.3 Å². The van der Waals surface area contributed by atoms with E-state index in [-0.39, 0.29) is 11.9 Å². The van der Waals surface area contributed by atoms with Gasteiger partial charge in [-0.2, -0.15) is 0 Å². The number of H-pyrrole nitrogens is 1. The Hall–Kier alpha value is -2.34. The number of rotatable bonds is 2. The number of aliphatic hydroxyl groups is 2. The third-order valence-electron chi connectivity index (χ3n) is 3.20. The van der Waals surface area contributed by atoms with Gasteiger partial charge in [0.1, 0.15) is 11.8 Å². The van der Waals surface area contributed by atoms with E-state index in [9.17, 15) is 9.90 Å². The standard InChI is InChI=1S/C8H16N2O3.C5H5N5.CH4O/c1-5(9)8(12)10-6-2-7(11)4-13-3-6;6-4-3-5(9-1-7-3)10-2-8-4;1-2/h5-7,11H,2-4,9H2,1H3,(H,10,12);1-2H,(H3,6,7,8,9,10);2H,1H3/t5-,6?,7?;;/m1../s1. The predicted molar refractivity (Wildman–Crippen MR) is 91.3 cm³/mol. The summed E-state index contributed by atoms with van der Waals surface area (Å²) in [5.41, 5.74) is 12.2. The first kappa shape index (κ1) is 20.7. The number of aromatic nitrogens is 4. The van der Waals surface area contributed by atoms with Gasteiger partial charge in [-0.15, -0.1) is 0 Å². The SMILES string of the molecule is CO.C[C@@H](N)C(=O)NC1COCC(O)C1.Nc1ncnc2nc[nH]c12. The van der Waals surface area contributed by atoms with Gasteiger partial charge >= 0.3 is 0 Å². The van der Waals surface area contributed by atoms with Crippen LogP contribution in [0.3, 0.4) is 0 Å². The monoisotopic (exact) mass is 355 g/mol. The van der Waals surface area contributed by atoms with Crippen LogP contribution in [0.15, 0.2) is 12.7 Å². The van der Waals surface area contributed by atoms with Crippen molar-refractivity contribution in [3.63, 3.8) is 0 Å². The van der Waals surface area contributed by atoms with Gasteiger partial charge in [-0.3, -0.25) is 4.79 Å². The lowest BCUT2D eigenvalue weighted by atomic mass is 10.1. The largest absolute Gasteiger partial charge is 0.400 e. The Labute approximate surface area is 144 Å². The van der Waals surface area contributed by atoms with Crippen LogP contribution < -0.4 is 16.8 Å². The van der Waals surface area contributed by atoms with Gasteiger partial charge in [0.25, 0.3) is 0 Å².